The van der Waals surface area contributed by atoms with E-state index in [0.29, 0.717) is 23.9 Å². The highest BCUT2D eigenvalue weighted by Crippen LogP contribution is 2.26. The molecule has 1 aliphatic rings. The summed E-state index contributed by atoms with van der Waals surface area (Å²) < 4.78 is 1.78. The summed E-state index contributed by atoms with van der Waals surface area (Å²) in [6.07, 6.45) is 3.05. The standard InChI is InChI=1S/C19H22ClN7O2/c20-13-2-1-3-14(8-13)24-18-17-12(4-7-27(17)23-11-22-18)9-26-6-5-15(21)16(10-26)25-19(28)29/h1-4,7-8,11,15-16,25H,5-6,9-10,21H2,(H,28,29)(H,22,23,24)/t15-,16+/m1/s1. The number of halogens is 1. The van der Waals surface area contributed by atoms with Crippen LogP contribution in [0.1, 0.15) is 12.0 Å². The second-order valence-corrected chi connectivity index (χ2v) is 7.56. The van der Waals surface area contributed by atoms with E-state index in [1.165, 1.54) is 6.33 Å². The maximum absolute atomic E-state index is 11.0. The Balaban J connectivity index is 1.57. The van der Waals surface area contributed by atoms with E-state index in [2.05, 4.69) is 25.6 Å². The molecule has 0 aliphatic carbocycles. The summed E-state index contributed by atoms with van der Waals surface area (Å²) in [4.78, 5) is 17.6. The number of aromatic nitrogens is 3. The Hall–Kier alpha value is -2.88. The zero-order valence-corrected chi connectivity index (χ0v) is 16.4. The zero-order chi connectivity index (χ0) is 20.4. The quantitative estimate of drug-likeness (QED) is 0.504. The molecule has 152 valence electrons. The Morgan fingerprint density at radius 3 is 3.03 bits per heavy atom. The number of rotatable bonds is 5. The average molecular weight is 416 g/mol. The van der Waals surface area contributed by atoms with Gasteiger partial charge in [-0.25, -0.2) is 14.3 Å². The number of benzene rings is 1. The van der Waals surface area contributed by atoms with Crippen molar-refractivity contribution in [2.24, 2.45) is 5.73 Å². The number of piperidine rings is 1. The lowest BCUT2D eigenvalue weighted by Crippen LogP contribution is -2.57. The van der Waals surface area contributed by atoms with Crippen LogP contribution in [0.2, 0.25) is 5.02 Å². The SMILES string of the molecule is N[C@@H]1CCN(Cc2ccn3ncnc(Nc4cccc(Cl)c4)c23)C[C@@H]1NC(=O)O. The van der Waals surface area contributed by atoms with Gasteiger partial charge in [-0.05, 0) is 36.2 Å². The molecular weight excluding hydrogens is 394 g/mol. The van der Waals surface area contributed by atoms with Crippen LogP contribution in [-0.4, -0.2) is 55.9 Å². The number of nitrogens with zero attached hydrogens (tertiary/aromatic N) is 4. The van der Waals surface area contributed by atoms with Crippen molar-refractivity contribution in [3.63, 3.8) is 0 Å². The molecule has 2 atom stereocenters. The Morgan fingerprint density at radius 1 is 1.38 bits per heavy atom. The maximum atomic E-state index is 11.0. The minimum Gasteiger partial charge on any atom is -0.465 e. The van der Waals surface area contributed by atoms with Crippen LogP contribution in [0.15, 0.2) is 42.9 Å². The Kier molecular flexibility index (Phi) is 5.52. The number of likely N-dealkylation sites (tertiary alicyclic amines) is 1. The first-order valence-corrected chi connectivity index (χ1v) is 9.68. The summed E-state index contributed by atoms with van der Waals surface area (Å²) in [7, 11) is 0. The van der Waals surface area contributed by atoms with Crippen molar-refractivity contribution in [1.29, 1.82) is 0 Å². The first-order chi connectivity index (χ1) is 14.0. The second kappa shape index (κ2) is 8.24. The molecule has 0 bridgehead atoms. The van der Waals surface area contributed by atoms with Gasteiger partial charge in [0.25, 0.3) is 0 Å². The zero-order valence-electron chi connectivity index (χ0n) is 15.6. The van der Waals surface area contributed by atoms with Crippen LogP contribution in [-0.2, 0) is 6.54 Å². The fraction of sp³-hybridized carbons (Fsp3) is 0.316. The monoisotopic (exact) mass is 415 g/mol. The molecule has 2 aromatic heterocycles. The molecule has 0 spiro atoms. The molecule has 9 nitrogen and oxygen atoms in total. The van der Waals surface area contributed by atoms with Gasteiger partial charge in [0.05, 0.1) is 6.04 Å². The minimum absolute atomic E-state index is 0.184. The molecule has 1 fully saturated rings. The van der Waals surface area contributed by atoms with E-state index >= 15 is 0 Å². The van der Waals surface area contributed by atoms with Crippen molar-refractivity contribution in [1.82, 2.24) is 24.8 Å². The van der Waals surface area contributed by atoms with Crippen molar-refractivity contribution in [2.75, 3.05) is 18.4 Å². The normalized spacial score (nSPS) is 19.9. The van der Waals surface area contributed by atoms with Gasteiger partial charge in [0, 0.05) is 42.6 Å². The molecule has 5 N–H and O–H groups in total. The lowest BCUT2D eigenvalue weighted by atomic mass is 10.00. The summed E-state index contributed by atoms with van der Waals surface area (Å²) in [5.41, 5.74) is 8.82. The van der Waals surface area contributed by atoms with Crippen LogP contribution in [0.25, 0.3) is 5.52 Å². The molecule has 29 heavy (non-hydrogen) atoms. The fourth-order valence-electron chi connectivity index (χ4n) is 3.67. The van der Waals surface area contributed by atoms with Gasteiger partial charge in [0.2, 0.25) is 0 Å². The van der Waals surface area contributed by atoms with Gasteiger partial charge in [-0.1, -0.05) is 17.7 Å². The second-order valence-electron chi connectivity index (χ2n) is 7.12. The lowest BCUT2D eigenvalue weighted by molar-refractivity contribution is 0.149. The third-order valence-electron chi connectivity index (χ3n) is 5.08. The van der Waals surface area contributed by atoms with Crippen LogP contribution in [0.4, 0.5) is 16.3 Å². The van der Waals surface area contributed by atoms with Crippen molar-refractivity contribution < 1.29 is 9.90 Å². The molecule has 1 amide bonds. The van der Waals surface area contributed by atoms with Gasteiger partial charge in [0.15, 0.2) is 5.82 Å². The molecule has 3 heterocycles. The van der Waals surface area contributed by atoms with Gasteiger partial charge >= 0.3 is 6.09 Å². The fourth-order valence-corrected chi connectivity index (χ4v) is 3.86. The van der Waals surface area contributed by atoms with Gasteiger partial charge < -0.3 is 21.5 Å². The van der Waals surface area contributed by atoms with Crippen LogP contribution in [0.3, 0.4) is 0 Å². The van der Waals surface area contributed by atoms with Crippen LogP contribution >= 0.6 is 11.6 Å². The predicted molar refractivity (Wildman–Crippen MR) is 111 cm³/mol. The number of carbonyl (C=O) groups is 1. The van der Waals surface area contributed by atoms with E-state index in [9.17, 15) is 4.79 Å². The molecule has 0 radical (unpaired) electrons. The summed E-state index contributed by atoms with van der Waals surface area (Å²) in [5.74, 6) is 0.677. The maximum Gasteiger partial charge on any atom is 0.404 e. The van der Waals surface area contributed by atoms with Crippen LogP contribution in [0, 0.1) is 0 Å². The van der Waals surface area contributed by atoms with Crippen molar-refractivity contribution in [3.8, 4) is 0 Å². The number of carboxylic acid groups (broad SMARTS) is 1. The smallest absolute Gasteiger partial charge is 0.404 e. The highest BCUT2D eigenvalue weighted by atomic mass is 35.5. The minimum atomic E-state index is -1.05. The highest BCUT2D eigenvalue weighted by Gasteiger charge is 2.28. The van der Waals surface area contributed by atoms with E-state index in [4.69, 9.17) is 22.4 Å². The van der Waals surface area contributed by atoms with Crippen LogP contribution < -0.4 is 16.4 Å². The molecule has 1 aliphatic heterocycles. The number of amides is 1. The Labute approximate surface area is 172 Å². The van der Waals surface area contributed by atoms with Crippen molar-refractivity contribution in [2.45, 2.75) is 25.0 Å². The molecule has 0 saturated carbocycles. The lowest BCUT2D eigenvalue weighted by Gasteiger charge is -2.36. The third-order valence-corrected chi connectivity index (χ3v) is 5.31. The van der Waals surface area contributed by atoms with Gasteiger partial charge in [0.1, 0.15) is 11.8 Å². The highest BCUT2D eigenvalue weighted by molar-refractivity contribution is 6.30. The van der Waals surface area contributed by atoms with Crippen molar-refractivity contribution >= 4 is 34.7 Å². The topological polar surface area (TPSA) is 121 Å². The first kappa shape index (κ1) is 19.4. The number of hydrogen-bond acceptors (Lipinski definition) is 6. The Bertz CT molecular complexity index is 1020. The van der Waals surface area contributed by atoms with E-state index in [0.717, 1.165) is 29.7 Å². The predicted octanol–water partition coefficient (Wildman–Crippen LogP) is 2.30. The summed E-state index contributed by atoms with van der Waals surface area (Å²) in [6, 6.07) is 8.95. The van der Waals surface area contributed by atoms with E-state index in [1.807, 2.05) is 36.5 Å². The Morgan fingerprint density at radius 2 is 2.24 bits per heavy atom. The van der Waals surface area contributed by atoms with E-state index in [-0.39, 0.29) is 12.1 Å². The van der Waals surface area contributed by atoms with Crippen molar-refractivity contribution in [3.05, 3.63) is 53.4 Å². The van der Waals surface area contributed by atoms with E-state index < -0.39 is 6.09 Å². The largest absolute Gasteiger partial charge is 0.465 e. The summed E-state index contributed by atoms with van der Waals surface area (Å²) >= 11 is 6.09. The number of fused-ring (bicyclic) bond motifs is 1. The summed E-state index contributed by atoms with van der Waals surface area (Å²) in [6.45, 7) is 1.98. The van der Waals surface area contributed by atoms with Gasteiger partial charge in [-0.2, -0.15) is 5.10 Å². The van der Waals surface area contributed by atoms with Gasteiger partial charge in [-0.3, -0.25) is 4.90 Å². The number of anilines is 2. The molecule has 1 aromatic carbocycles. The number of nitrogens with two attached hydrogens (primary N) is 1. The molecule has 0 unspecified atom stereocenters. The molecule has 4 rings (SSSR count). The number of hydrogen-bond donors (Lipinski definition) is 4. The molecule has 10 heteroatoms. The van der Waals surface area contributed by atoms with E-state index in [1.54, 1.807) is 4.52 Å². The molecule has 3 aromatic rings. The number of nitrogens with one attached hydrogen (secondary N) is 2. The first-order valence-electron chi connectivity index (χ1n) is 9.31. The molecular formula is C19H22ClN7O2. The van der Waals surface area contributed by atoms with Crippen LogP contribution in [0.5, 0.6) is 0 Å². The summed E-state index contributed by atoms with van der Waals surface area (Å²) in [5, 5.41) is 19.8. The van der Waals surface area contributed by atoms with Gasteiger partial charge in [-0.15, -0.1) is 0 Å². The molecule has 1 saturated heterocycles. The third kappa shape index (κ3) is 4.42. The average Bonchev–Trinajstić information content (AvgIpc) is 3.08.